The number of esters is 1. The first-order chi connectivity index (χ1) is 13.1. The highest BCUT2D eigenvalue weighted by atomic mass is 32.1. The van der Waals surface area contributed by atoms with Crippen LogP contribution >= 0.6 is 11.3 Å². The number of hydrogen-bond acceptors (Lipinski definition) is 5. The van der Waals surface area contributed by atoms with Crippen LogP contribution < -0.4 is 0 Å². The van der Waals surface area contributed by atoms with Gasteiger partial charge in [-0.1, -0.05) is 46.8 Å². The van der Waals surface area contributed by atoms with Crippen molar-refractivity contribution >= 4 is 23.2 Å². The number of methoxy groups -OCH3 is 1. The first kappa shape index (κ1) is 22.1. The van der Waals surface area contributed by atoms with Crippen LogP contribution in [0.4, 0.5) is 0 Å². The SMILES string of the molecule is COC(=O)c1csc(CN(CCC(C)C)C(=O)c2ccc(C(C)(C)C)cc2)n1. The maximum absolute atomic E-state index is 13.1. The summed E-state index contributed by atoms with van der Waals surface area (Å²) in [4.78, 5) is 30.9. The summed E-state index contributed by atoms with van der Waals surface area (Å²) in [5, 5.41) is 2.40. The first-order valence-corrected chi connectivity index (χ1v) is 10.4. The fraction of sp³-hybridized carbons (Fsp3) is 0.500. The second-order valence-electron chi connectivity index (χ2n) is 8.35. The zero-order valence-corrected chi connectivity index (χ0v) is 18.4. The van der Waals surface area contributed by atoms with Gasteiger partial charge in [0.05, 0.1) is 13.7 Å². The van der Waals surface area contributed by atoms with E-state index in [4.69, 9.17) is 4.74 Å². The van der Waals surface area contributed by atoms with Gasteiger partial charge in [0.25, 0.3) is 5.91 Å². The van der Waals surface area contributed by atoms with E-state index in [1.54, 1.807) is 5.38 Å². The van der Waals surface area contributed by atoms with Crippen LogP contribution in [0.3, 0.4) is 0 Å². The molecular formula is C22H30N2O3S. The van der Waals surface area contributed by atoms with Crippen LogP contribution in [0.5, 0.6) is 0 Å². The molecule has 5 nitrogen and oxygen atoms in total. The number of aromatic nitrogens is 1. The zero-order valence-electron chi connectivity index (χ0n) is 17.6. The average Bonchev–Trinajstić information content (AvgIpc) is 3.11. The van der Waals surface area contributed by atoms with Crippen molar-refractivity contribution in [3.05, 3.63) is 51.5 Å². The lowest BCUT2D eigenvalue weighted by molar-refractivity contribution is 0.0594. The smallest absolute Gasteiger partial charge is 0.357 e. The predicted molar refractivity (Wildman–Crippen MR) is 113 cm³/mol. The summed E-state index contributed by atoms with van der Waals surface area (Å²) >= 11 is 1.37. The molecule has 0 aliphatic heterocycles. The van der Waals surface area contributed by atoms with Crippen LogP contribution in [-0.4, -0.2) is 35.4 Å². The van der Waals surface area contributed by atoms with E-state index in [9.17, 15) is 9.59 Å². The van der Waals surface area contributed by atoms with Crippen molar-refractivity contribution in [2.75, 3.05) is 13.7 Å². The van der Waals surface area contributed by atoms with Crippen molar-refractivity contribution in [1.82, 2.24) is 9.88 Å². The van der Waals surface area contributed by atoms with Gasteiger partial charge in [-0.25, -0.2) is 9.78 Å². The Morgan fingerprint density at radius 2 is 1.82 bits per heavy atom. The number of thiazole rings is 1. The van der Waals surface area contributed by atoms with Crippen molar-refractivity contribution in [3.63, 3.8) is 0 Å². The van der Waals surface area contributed by atoms with E-state index in [-0.39, 0.29) is 17.0 Å². The summed E-state index contributed by atoms with van der Waals surface area (Å²) in [6.07, 6.45) is 0.904. The van der Waals surface area contributed by atoms with Gasteiger partial charge in [-0.15, -0.1) is 11.3 Å². The monoisotopic (exact) mass is 402 g/mol. The van der Waals surface area contributed by atoms with Crippen molar-refractivity contribution < 1.29 is 14.3 Å². The van der Waals surface area contributed by atoms with Gasteiger partial charge >= 0.3 is 5.97 Å². The quantitative estimate of drug-likeness (QED) is 0.617. The molecule has 0 bridgehead atoms. The zero-order chi connectivity index (χ0) is 20.9. The van der Waals surface area contributed by atoms with Gasteiger partial charge in [-0.05, 0) is 35.4 Å². The van der Waals surface area contributed by atoms with E-state index < -0.39 is 5.97 Å². The molecule has 152 valence electrons. The second-order valence-corrected chi connectivity index (χ2v) is 9.30. The van der Waals surface area contributed by atoms with Crippen LogP contribution in [0.1, 0.15) is 72.5 Å². The largest absolute Gasteiger partial charge is 0.464 e. The molecule has 0 radical (unpaired) electrons. The molecule has 2 aromatic rings. The van der Waals surface area contributed by atoms with Crippen LogP contribution in [0, 0.1) is 5.92 Å². The van der Waals surface area contributed by atoms with Crippen molar-refractivity contribution in [1.29, 1.82) is 0 Å². The number of carbonyl (C=O) groups is 2. The fourth-order valence-electron chi connectivity index (χ4n) is 2.71. The molecule has 0 unspecified atom stereocenters. The van der Waals surface area contributed by atoms with Gasteiger partial charge in [0.1, 0.15) is 5.01 Å². The Bertz CT molecular complexity index is 804. The lowest BCUT2D eigenvalue weighted by Gasteiger charge is -2.24. The summed E-state index contributed by atoms with van der Waals surface area (Å²) in [7, 11) is 1.33. The highest BCUT2D eigenvalue weighted by Gasteiger charge is 2.20. The molecule has 1 amide bonds. The number of benzene rings is 1. The summed E-state index contributed by atoms with van der Waals surface area (Å²) < 4.78 is 4.71. The molecule has 2 rings (SSSR count). The fourth-order valence-corrected chi connectivity index (χ4v) is 3.48. The third-order valence-electron chi connectivity index (χ3n) is 4.53. The number of rotatable bonds is 7. The van der Waals surface area contributed by atoms with Gasteiger partial charge < -0.3 is 9.64 Å². The van der Waals surface area contributed by atoms with Crippen LogP contribution in [-0.2, 0) is 16.7 Å². The van der Waals surface area contributed by atoms with E-state index in [1.807, 2.05) is 29.2 Å². The third kappa shape index (κ3) is 5.89. The molecule has 0 fully saturated rings. The van der Waals surface area contributed by atoms with E-state index in [2.05, 4.69) is 39.6 Å². The Kier molecular flexibility index (Phi) is 7.35. The first-order valence-electron chi connectivity index (χ1n) is 9.54. The molecule has 1 aromatic heterocycles. The summed E-state index contributed by atoms with van der Waals surface area (Å²) in [6, 6.07) is 7.83. The highest BCUT2D eigenvalue weighted by Crippen LogP contribution is 2.23. The lowest BCUT2D eigenvalue weighted by atomic mass is 9.86. The number of carbonyl (C=O) groups excluding carboxylic acids is 2. The Morgan fingerprint density at radius 3 is 2.36 bits per heavy atom. The lowest BCUT2D eigenvalue weighted by Crippen LogP contribution is -2.32. The Hall–Kier alpha value is -2.21. The van der Waals surface area contributed by atoms with Gasteiger partial charge in [0.2, 0.25) is 0 Å². The standard InChI is InChI=1S/C22H30N2O3S/c1-15(2)11-12-24(13-19-23-18(14-28-19)21(26)27-6)20(25)16-7-9-17(10-8-16)22(3,4)5/h7-10,14-15H,11-13H2,1-6H3. The van der Waals surface area contributed by atoms with Crippen LogP contribution in [0.25, 0.3) is 0 Å². The molecule has 0 aliphatic rings. The molecule has 1 aromatic carbocycles. The minimum atomic E-state index is -0.458. The minimum Gasteiger partial charge on any atom is -0.464 e. The van der Waals surface area contributed by atoms with E-state index >= 15 is 0 Å². The van der Waals surface area contributed by atoms with Gasteiger partial charge in [-0.2, -0.15) is 0 Å². The van der Waals surface area contributed by atoms with Crippen molar-refractivity contribution in [2.24, 2.45) is 5.92 Å². The Labute approximate surface area is 171 Å². The van der Waals surface area contributed by atoms with Crippen LogP contribution in [0.15, 0.2) is 29.6 Å². The normalized spacial score (nSPS) is 11.5. The number of hydrogen-bond donors (Lipinski definition) is 0. The molecule has 0 aliphatic carbocycles. The Morgan fingerprint density at radius 1 is 1.18 bits per heavy atom. The summed E-state index contributed by atoms with van der Waals surface area (Å²) in [5.74, 6) is 0.0109. The van der Waals surface area contributed by atoms with Crippen molar-refractivity contribution in [3.8, 4) is 0 Å². The molecular weight excluding hydrogens is 372 g/mol. The maximum atomic E-state index is 13.1. The third-order valence-corrected chi connectivity index (χ3v) is 5.37. The molecule has 28 heavy (non-hydrogen) atoms. The highest BCUT2D eigenvalue weighted by molar-refractivity contribution is 7.09. The molecule has 0 spiro atoms. The maximum Gasteiger partial charge on any atom is 0.357 e. The number of ether oxygens (including phenoxy) is 1. The molecule has 0 N–H and O–H groups in total. The summed E-state index contributed by atoms with van der Waals surface area (Å²) in [5.41, 5.74) is 2.19. The summed E-state index contributed by atoms with van der Waals surface area (Å²) in [6.45, 7) is 11.8. The minimum absolute atomic E-state index is 0.0177. The molecule has 0 atom stereocenters. The van der Waals surface area contributed by atoms with E-state index in [1.165, 1.54) is 24.0 Å². The number of amides is 1. The van der Waals surface area contributed by atoms with Gasteiger partial charge in [0, 0.05) is 17.5 Å². The second kappa shape index (κ2) is 9.32. The molecule has 6 heteroatoms. The van der Waals surface area contributed by atoms with E-state index in [0.29, 0.717) is 24.6 Å². The van der Waals surface area contributed by atoms with Gasteiger partial charge in [-0.3, -0.25) is 4.79 Å². The Balaban J connectivity index is 2.20. The van der Waals surface area contributed by atoms with Gasteiger partial charge in [0.15, 0.2) is 5.69 Å². The topological polar surface area (TPSA) is 59.5 Å². The van der Waals surface area contributed by atoms with Crippen molar-refractivity contribution in [2.45, 2.75) is 53.0 Å². The predicted octanol–water partition coefficient (Wildman–Crippen LogP) is 4.92. The molecule has 1 heterocycles. The molecule has 0 saturated carbocycles. The van der Waals surface area contributed by atoms with E-state index in [0.717, 1.165) is 11.4 Å². The number of nitrogens with zero attached hydrogens (tertiary/aromatic N) is 2. The molecule has 0 saturated heterocycles. The van der Waals surface area contributed by atoms with Crippen LogP contribution in [0.2, 0.25) is 0 Å². The average molecular weight is 403 g/mol.